The van der Waals surface area contributed by atoms with Crippen LogP contribution in [0.25, 0.3) is 5.69 Å². The van der Waals surface area contributed by atoms with E-state index < -0.39 is 0 Å². The van der Waals surface area contributed by atoms with Crippen molar-refractivity contribution in [2.75, 3.05) is 26.9 Å². The summed E-state index contributed by atoms with van der Waals surface area (Å²) in [7, 11) is 3.47. The van der Waals surface area contributed by atoms with Gasteiger partial charge in [0.25, 0.3) is 5.91 Å². The third-order valence-corrected chi connectivity index (χ3v) is 5.61. The molecule has 3 heterocycles. The number of nitrogens with zero attached hydrogens (tertiary/aromatic N) is 5. The molecule has 3 aromatic rings. The van der Waals surface area contributed by atoms with E-state index in [0.29, 0.717) is 25.3 Å². The van der Waals surface area contributed by atoms with E-state index in [1.54, 1.807) is 18.0 Å². The first-order valence-electron chi connectivity index (χ1n) is 10.00. The second-order valence-corrected chi connectivity index (χ2v) is 7.59. The van der Waals surface area contributed by atoms with Gasteiger partial charge in [-0.25, -0.2) is 4.68 Å². The fourth-order valence-corrected chi connectivity index (χ4v) is 4.18. The number of hydrogen-bond donors (Lipinski definition) is 0. The van der Waals surface area contributed by atoms with Gasteiger partial charge in [0.1, 0.15) is 5.75 Å². The number of benzene rings is 1. The average molecular weight is 409 g/mol. The van der Waals surface area contributed by atoms with Gasteiger partial charge < -0.3 is 14.4 Å². The van der Waals surface area contributed by atoms with Crippen LogP contribution in [-0.2, 0) is 11.8 Å². The lowest BCUT2D eigenvalue weighted by atomic mass is 10.0. The van der Waals surface area contributed by atoms with Crippen LogP contribution in [0, 0.1) is 20.8 Å². The molecule has 1 amide bonds. The van der Waals surface area contributed by atoms with Gasteiger partial charge >= 0.3 is 0 Å². The molecule has 1 aliphatic rings. The lowest BCUT2D eigenvalue weighted by Gasteiger charge is -2.36. The Morgan fingerprint density at radius 1 is 1.20 bits per heavy atom. The minimum Gasteiger partial charge on any atom is -0.497 e. The predicted molar refractivity (Wildman–Crippen MR) is 112 cm³/mol. The highest BCUT2D eigenvalue weighted by Crippen LogP contribution is 2.32. The number of rotatable bonds is 4. The number of carbonyl (C=O) groups excluding carboxylic acids is 1. The van der Waals surface area contributed by atoms with Crippen molar-refractivity contribution in [1.29, 1.82) is 0 Å². The molecule has 0 saturated carbocycles. The fourth-order valence-electron chi connectivity index (χ4n) is 4.18. The van der Waals surface area contributed by atoms with Crippen molar-refractivity contribution in [2.24, 2.45) is 7.05 Å². The zero-order chi connectivity index (χ0) is 21.4. The van der Waals surface area contributed by atoms with E-state index in [1.807, 2.05) is 61.7 Å². The molecule has 2 aromatic heterocycles. The monoisotopic (exact) mass is 409 g/mol. The molecule has 30 heavy (non-hydrogen) atoms. The largest absolute Gasteiger partial charge is 0.497 e. The molecule has 0 spiro atoms. The van der Waals surface area contributed by atoms with Gasteiger partial charge in [-0.15, -0.1) is 0 Å². The molecule has 1 saturated heterocycles. The SMILES string of the molecule is COc1cccc(-n2nc(C)c([C@H]3COCCN3C(=O)c3cn(C)nc3C)c2C)c1. The first-order chi connectivity index (χ1) is 14.4. The molecule has 0 bridgehead atoms. The highest BCUT2D eigenvalue weighted by molar-refractivity contribution is 5.95. The number of aryl methyl sites for hydroxylation is 3. The number of carbonyl (C=O) groups is 1. The molecular weight excluding hydrogens is 382 g/mol. The Kier molecular flexibility index (Phi) is 5.34. The Morgan fingerprint density at radius 3 is 2.70 bits per heavy atom. The van der Waals surface area contributed by atoms with E-state index >= 15 is 0 Å². The Bertz CT molecular complexity index is 1080. The van der Waals surface area contributed by atoms with E-state index in [9.17, 15) is 4.79 Å². The summed E-state index contributed by atoms with van der Waals surface area (Å²) in [6.07, 6.45) is 1.78. The Balaban J connectivity index is 1.73. The molecular formula is C22H27N5O3. The standard InChI is InChI=1S/C22H27N5O3/c1-14-19(12-25(4)23-14)22(28)26-9-10-30-13-20(26)21-15(2)24-27(16(21)3)17-7-6-8-18(11-17)29-5/h6-8,11-12,20H,9-10,13H2,1-5H3/t20-/m1/s1. The van der Waals surface area contributed by atoms with Crippen molar-refractivity contribution in [3.8, 4) is 11.4 Å². The Hall–Kier alpha value is -3.13. The lowest BCUT2D eigenvalue weighted by molar-refractivity contribution is -0.00308. The maximum Gasteiger partial charge on any atom is 0.257 e. The maximum absolute atomic E-state index is 13.4. The van der Waals surface area contributed by atoms with Gasteiger partial charge in [0.05, 0.1) is 49.0 Å². The quantitative estimate of drug-likeness (QED) is 0.662. The number of methoxy groups -OCH3 is 1. The second kappa shape index (κ2) is 7.95. The van der Waals surface area contributed by atoms with Gasteiger partial charge in [-0.2, -0.15) is 10.2 Å². The van der Waals surface area contributed by atoms with Crippen LogP contribution in [0.2, 0.25) is 0 Å². The van der Waals surface area contributed by atoms with Crippen molar-refractivity contribution >= 4 is 5.91 Å². The van der Waals surface area contributed by atoms with E-state index in [4.69, 9.17) is 14.6 Å². The van der Waals surface area contributed by atoms with Crippen LogP contribution in [0.1, 0.15) is 39.0 Å². The number of amides is 1. The number of morpholine rings is 1. The number of hydrogen-bond acceptors (Lipinski definition) is 5. The zero-order valence-electron chi connectivity index (χ0n) is 18.0. The molecule has 8 heteroatoms. The third kappa shape index (κ3) is 3.47. The Morgan fingerprint density at radius 2 is 2.00 bits per heavy atom. The summed E-state index contributed by atoms with van der Waals surface area (Å²) in [4.78, 5) is 15.3. The molecule has 1 atom stereocenters. The van der Waals surface area contributed by atoms with Crippen LogP contribution < -0.4 is 4.74 Å². The van der Waals surface area contributed by atoms with Gasteiger partial charge in [0.15, 0.2) is 0 Å². The summed E-state index contributed by atoms with van der Waals surface area (Å²) in [5, 5.41) is 9.10. The second-order valence-electron chi connectivity index (χ2n) is 7.59. The summed E-state index contributed by atoms with van der Waals surface area (Å²) in [5.41, 5.74) is 5.16. The van der Waals surface area contributed by atoms with E-state index in [2.05, 4.69) is 5.10 Å². The van der Waals surface area contributed by atoms with Crippen molar-refractivity contribution in [3.63, 3.8) is 0 Å². The zero-order valence-corrected chi connectivity index (χ0v) is 18.0. The van der Waals surface area contributed by atoms with Crippen LogP contribution in [0.5, 0.6) is 5.75 Å². The molecule has 1 aliphatic heterocycles. The summed E-state index contributed by atoms with van der Waals surface area (Å²) < 4.78 is 14.7. The van der Waals surface area contributed by atoms with Crippen LogP contribution in [0.3, 0.4) is 0 Å². The lowest BCUT2D eigenvalue weighted by Crippen LogP contribution is -2.44. The Labute approximate surface area is 176 Å². The highest BCUT2D eigenvalue weighted by atomic mass is 16.5. The fraction of sp³-hybridized carbons (Fsp3) is 0.409. The summed E-state index contributed by atoms with van der Waals surface area (Å²) in [6.45, 7) is 7.36. The molecule has 8 nitrogen and oxygen atoms in total. The van der Waals surface area contributed by atoms with Crippen LogP contribution in [0.4, 0.5) is 0 Å². The minimum atomic E-state index is -0.204. The normalized spacial score (nSPS) is 16.7. The predicted octanol–water partition coefficient (Wildman–Crippen LogP) is 2.75. The van der Waals surface area contributed by atoms with Gasteiger partial charge in [-0.05, 0) is 32.9 Å². The van der Waals surface area contributed by atoms with Crippen LogP contribution in [0.15, 0.2) is 30.5 Å². The van der Waals surface area contributed by atoms with Crippen LogP contribution >= 0.6 is 0 Å². The topological polar surface area (TPSA) is 74.4 Å². The molecule has 158 valence electrons. The minimum absolute atomic E-state index is 0.0261. The van der Waals surface area contributed by atoms with Crippen LogP contribution in [-0.4, -0.2) is 57.2 Å². The van der Waals surface area contributed by atoms with Crippen molar-refractivity contribution in [3.05, 3.63) is 58.7 Å². The van der Waals surface area contributed by atoms with Crippen molar-refractivity contribution in [1.82, 2.24) is 24.5 Å². The van der Waals surface area contributed by atoms with Gasteiger partial charge in [0, 0.05) is 37.1 Å². The van der Waals surface area contributed by atoms with E-state index in [-0.39, 0.29) is 11.9 Å². The smallest absolute Gasteiger partial charge is 0.257 e. The molecule has 0 radical (unpaired) electrons. The molecule has 1 fully saturated rings. The third-order valence-electron chi connectivity index (χ3n) is 5.61. The summed E-state index contributed by atoms with van der Waals surface area (Å²) >= 11 is 0. The molecule has 0 N–H and O–H groups in total. The number of ether oxygens (including phenoxy) is 2. The van der Waals surface area contributed by atoms with E-state index in [0.717, 1.165) is 34.1 Å². The molecule has 1 aromatic carbocycles. The average Bonchev–Trinajstić information content (AvgIpc) is 3.24. The first-order valence-corrected chi connectivity index (χ1v) is 10.00. The molecule has 4 rings (SSSR count). The van der Waals surface area contributed by atoms with Gasteiger partial charge in [-0.1, -0.05) is 6.07 Å². The highest BCUT2D eigenvalue weighted by Gasteiger charge is 2.34. The van der Waals surface area contributed by atoms with Gasteiger partial charge in [0.2, 0.25) is 0 Å². The molecule has 0 unspecified atom stereocenters. The van der Waals surface area contributed by atoms with Crippen molar-refractivity contribution < 1.29 is 14.3 Å². The maximum atomic E-state index is 13.4. The summed E-state index contributed by atoms with van der Waals surface area (Å²) in [5.74, 6) is 0.744. The van der Waals surface area contributed by atoms with Gasteiger partial charge in [-0.3, -0.25) is 9.48 Å². The summed E-state index contributed by atoms with van der Waals surface area (Å²) in [6, 6.07) is 7.58. The molecule has 0 aliphatic carbocycles. The van der Waals surface area contributed by atoms with E-state index in [1.165, 1.54) is 0 Å². The first kappa shape index (κ1) is 20.2. The van der Waals surface area contributed by atoms with Crippen molar-refractivity contribution in [2.45, 2.75) is 26.8 Å². The number of aromatic nitrogens is 4.